The fourth-order valence-electron chi connectivity index (χ4n) is 3.76. The van der Waals surface area contributed by atoms with Gasteiger partial charge in [0.2, 0.25) is 5.91 Å². The van der Waals surface area contributed by atoms with Gasteiger partial charge in [0.15, 0.2) is 5.69 Å². The van der Waals surface area contributed by atoms with Crippen molar-refractivity contribution in [2.24, 2.45) is 11.7 Å². The van der Waals surface area contributed by atoms with E-state index >= 15 is 0 Å². The molecule has 1 aromatic carbocycles. The maximum atomic E-state index is 14.2. The first kappa shape index (κ1) is 15.8. The summed E-state index contributed by atoms with van der Waals surface area (Å²) in [6.45, 7) is 0.823. The van der Waals surface area contributed by atoms with E-state index in [1.807, 2.05) is 0 Å². The zero-order chi connectivity index (χ0) is 17.6. The number of hydrogen-bond acceptors (Lipinski definition) is 3. The molecule has 2 N–H and O–H groups in total. The van der Waals surface area contributed by atoms with Crippen LogP contribution >= 0.6 is 0 Å². The van der Waals surface area contributed by atoms with Gasteiger partial charge in [0, 0.05) is 24.3 Å². The predicted molar refractivity (Wildman–Crippen MR) is 88.8 cm³/mol. The lowest BCUT2D eigenvalue weighted by Gasteiger charge is -2.15. The lowest BCUT2D eigenvalue weighted by Crippen LogP contribution is -2.32. The molecule has 1 saturated heterocycles. The number of benzene rings is 1. The van der Waals surface area contributed by atoms with Crippen LogP contribution in [0.25, 0.3) is 5.69 Å². The molecule has 1 aliphatic heterocycles. The second-order valence-corrected chi connectivity index (χ2v) is 6.63. The zero-order valence-corrected chi connectivity index (χ0v) is 13.7. The predicted octanol–water partition coefficient (Wildman–Crippen LogP) is 1.45. The second-order valence-electron chi connectivity index (χ2n) is 6.63. The molecule has 25 heavy (non-hydrogen) atoms. The van der Waals surface area contributed by atoms with Crippen molar-refractivity contribution in [3.63, 3.8) is 0 Å². The van der Waals surface area contributed by atoms with Crippen molar-refractivity contribution in [3.05, 3.63) is 47.0 Å². The number of hydrogen-bond donors (Lipinski definition) is 1. The number of fused-ring (bicyclic) bond motifs is 1. The van der Waals surface area contributed by atoms with Crippen LogP contribution in [0.2, 0.25) is 0 Å². The maximum Gasteiger partial charge on any atom is 0.274 e. The molecular formula is C18H19FN4O2. The van der Waals surface area contributed by atoms with Gasteiger partial charge in [-0.05, 0) is 37.8 Å². The summed E-state index contributed by atoms with van der Waals surface area (Å²) in [5, 5.41) is 4.45. The Morgan fingerprint density at radius 3 is 2.76 bits per heavy atom. The Morgan fingerprint density at radius 1 is 1.24 bits per heavy atom. The van der Waals surface area contributed by atoms with Gasteiger partial charge in [-0.25, -0.2) is 9.07 Å². The summed E-state index contributed by atoms with van der Waals surface area (Å²) in [4.78, 5) is 25.9. The van der Waals surface area contributed by atoms with Gasteiger partial charge in [-0.3, -0.25) is 9.59 Å². The van der Waals surface area contributed by atoms with Crippen molar-refractivity contribution in [1.29, 1.82) is 0 Å². The van der Waals surface area contributed by atoms with Crippen LogP contribution in [0.15, 0.2) is 24.3 Å². The van der Waals surface area contributed by atoms with Crippen molar-refractivity contribution in [1.82, 2.24) is 14.7 Å². The first-order chi connectivity index (χ1) is 12.1. The maximum absolute atomic E-state index is 14.2. The Balaban J connectivity index is 1.70. The van der Waals surface area contributed by atoms with Crippen LogP contribution in [0, 0.1) is 11.7 Å². The average Bonchev–Trinajstić information content (AvgIpc) is 3.31. The normalized spacial score (nSPS) is 19.2. The molecule has 2 amide bonds. The number of amides is 2. The summed E-state index contributed by atoms with van der Waals surface area (Å²) in [6.07, 6.45) is 3.04. The van der Waals surface area contributed by atoms with Crippen molar-refractivity contribution >= 4 is 11.8 Å². The number of rotatable bonds is 3. The highest BCUT2D eigenvalue weighted by molar-refractivity contribution is 5.95. The number of likely N-dealkylation sites (tertiary alicyclic amines) is 1. The third-order valence-corrected chi connectivity index (χ3v) is 5.09. The van der Waals surface area contributed by atoms with E-state index in [-0.39, 0.29) is 23.5 Å². The van der Waals surface area contributed by atoms with E-state index in [4.69, 9.17) is 5.73 Å². The van der Waals surface area contributed by atoms with Crippen LogP contribution in [-0.2, 0) is 17.6 Å². The van der Waals surface area contributed by atoms with Crippen LogP contribution in [0.1, 0.15) is 34.6 Å². The fraction of sp³-hybridized carbons (Fsp3) is 0.389. The smallest absolute Gasteiger partial charge is 0.274 e. The molecule has 7 heteroatoms. The van der Waals surface area contributed by atoms with Crippen molar-refractivity contribution in [2.45, 2.75) is 25.7 Å². The lowest BCUT2D eigenvalue weighted by atomic mass is 10.1. The highest BCUT2D eigenvalue weighted by atomic mass is 19.1. The van der Waals surface area contributed by atoms with E-state index in [0.717, 1.165) is 30.5 Å². The summed E-state index contributed by atoms with van der Waals surface area (Å²) in [6, 6.07) is 6.43. The average molecular weight is 342 g/mol. The van der Waals surface area contributed by atoms with Gasteiger partial charge in [0.05, 0.1) is 5.92 Å². The molecule has 2 aromatic rings. The molecule has 1 aliphatic carbocycles. The van der Waals surface area contributed by atoms with E-state index in [1.54, 1.807) is 27.8 Å². The largest absolute Gasteiger partial charge is 0.369 e. The molecule has 1 aromatic heterocycles. The van der Waals surface area contributed by atoms with Gasteiger partial charge in [-0.1, -0.05) is 12.1 Å². The topological polar surface area (TPSA) is 81.2 Å². The summed E-state index contributed by atoms with van der Waals surface area (Å²) >= 11 is 0. The minimum atomic E-state index is -0.377. The molecule has 1 fully saturated rings. The summed E-state index contributed by atoms with van der Waals surface area (Å²) in [7, 11) is 0. The number of aromatic nitrogens is 2. The first-order valence-electron chi connectivity index (χ1n) is 8.50. The third-order valence-electron chi connectivity index (χ3n) is 5.09. The molecule has 1 unspecified atom stereocenters. The summed E-state index contributed by atoms with van der Waals surface area (Å²) in [5.41, 5.74) is 7.88. The summed E-state index contributed by atoms with van der Waals surface area (Å²) in [5.74, 6) is -1.24. The Kier molecular flexibility index (Phi) is 3.78. The lowest BCUT2D eigenvalue weighted by molar-refractivity contribution is -0.121. The van der Waals surface area contributed by atoms with E-state index in [0.29, 0.717) is 30.9 Å². The van der Waals surface area contributed by atoms with Crippen LogP contribution in [-0.4, -0.2) is 39.6 Å². The highest BCUT2D eigenvalue weighted by Gasteiger charge is 2.34. The van der Waals surface area contributed by atoms with Crippen LogP contribution in [0.5, 0.6) is 0 Å². The van der Waals surface area contributed by atoms with Gasteiger partial charge in [0.25, 0.3) is 5.91 Å². The fourth-order valence-corrected chi connectivity index (χ4v) is 3.76. The molecule has 4 rings (SSSR count). The van der Waals surface area contributed by atoms with Crippen molar-refractivity contribution < 1.29 is 14.0 Å². The van der Waals surface area contributed by atoms with Crippen LogP contribution in [0.4, 0.5) is 4.39 Å². The number of nitrogens with two attached hydrogens (primary N) is 1. The molecule has 130 valence electrons. The van der Waals surface area contributed by atoms with Gasteiger partial charge in [-0.15, -0.1) is 0 Å². The first-order valence-corrected chi connectivity index (χ1v) is 8.50. The van der Waals surface area contributed by atoms with Crippen molar-refractivity contribution in [3.8, 4) is 5.69 Å². The van der Waals surface area contributed by atoms with Gasteiger partial charge in [0.1, 0.15) is 11.5 Å². The number of para-hydroxylation sites is 1. The molecule has 2 aliphatic rings. The molecule has 0 bridgehead atoms. The zero-order valence-electron chi connectivity index (χ0n) is 13.7. The Morgan fingerprint density at radius 2 is 2.04 bits per heavy atom. The number of nitrogens with zero attached hydrogens (tertiary/aromatic N) is 3. The van der Waals surface area contributed by atoms with Crippen LogP contribution in [0.3, 0.4) is 0 Å². The molecule has 2 heterocycles. The quantitative estimate of drug-likeness (QED) is 0.917. The Labute approximate surface area is 144 Å². The van der Waals surface area contributed by atoms with E-state index in [1.165, 1.54) is 6.07 Å². The Bertz CT molecular complexity index is 861. The Hall–Kier alpha value is -2.70. The van der Waals surface area contributed by atoms with E-state index in [9.17, 15) is 14.0 Å². The standard InChI is InChI=1S/C18H19FN4O2/c19-13-5-1-2-6-15(13)23-14-7-3-4-12(14)16(21-23)18(25)22-9-8-11(10-22)17(20)24/h1-2,5-6,11H,3-4,7-10H2,(H2,20,24). The number of primary amides is 1. The molecule has 6 nitrogen and oxygen atoms in total. The SMILES string of the molecule is NC(=O)C1CCN(C(=O)c2nn(-c3ccccc3F)c3c2CCC3)C1. The number of carbonyl (C=O) groups excluding carboxylic acids is 2. The molecule has 0 saturated carbocycles. The van der Waals surface area contributed by atoms with E-state index in [2.05, 4.69) is 5.10 Å². The molecule has 1 atom stereocenters. The minimum Gasteiger partial charge on any atom is -0.369 e. The number of halogens is 1. The monoisotopic (exact) mass is 342 g/mol. The van der Waals surface area contributed by atoms with Gasteiger partial charge in [-0.2, -0.15) is 5.10 Å². The summed E-state index contributed by atoms with van der Waals surface area (Å²) < 4.78 is 15.7. The molecular weight excluding hydrogens is 323 g/mol. The van der Waals surface area contributed by atoms with E-state index < -0.39 is 0 Å². The van der Waals surface area contributed by atoms with Gasteiger partial charge >= 0.3 is 0 Å². The van der Waals surface area contributed by atoms with Gasteiger partial charge < -0.3 is 10.6 Å². The molecule has 0 radical (unpaired) electrons. The second kappa shape index (κ2) is 5.98. The van der Waals surface area contributed by atoms with Crippen molar-refractivity contribution in [2.75, 3.05) is 13.1 Å². The highest BCUT2D eigenvalue weighted by Crippen LogP contribution is 2.30. The third kappa shape index (κ3) is 2.59. The minimum absolute atomic E-state index is 0.197. The van der Waals surface area contributed by atoms with Crippen LogP contribution < -0.4 is 5.73 Å². The number of carbonyl (C=O) groups is 2. The molecule has 0 spiro atoms.